The smallest absolute Gasteiger partial charge is 0.164 e. The summed E-state index contributed by atoms with van der Waals surface area (Å²) >= 11 is 0. The van der Waals surface area contributed by atoms with Gasteiger partial charge in [0.2, 0.25) is 0 Å². The minimum absolute atomic E-state index is 0.235. The quantitative estimate of drug-likeness (QED) is 0.177. The van der Waals surface area contributed by atoms with E-state index >= 15 is 0 Å². The third kappa shape index (κ3) is 4.72. The first-order chi connectivity index (χ1) is 25.7. The van der Waals surface area contributed by atoms with Crippen LogP contribution in [0.3, 0.4) is 0 Å². The van der Waals surface area contributed by atoms with E-state index in [1.54, 1.807) is 0 Å². The Balaban J connectivity index is 1.17. The zero-order valence-corrected chi connectivity index (χ0v) is 28.6. The number of hydrogen-bond donors (Lipinski definition) is 0. The van der Waals surface area contributed by atoms with E-state index in [9.17, 15) is 0 Å². The van der Waals surface area contributed by atoms with Crippen molar-refractivity contribution >= 4 is 21.9 Å². The first-order valence-electron chi connectivity index (χ1n) is 17.8. The summed E-state index contributed by atoms with van der Waals surface area (Å²) in [4.78, 5) is 15.5. The Morgan fingerprint density at radius 3 is 1.79 bits per heavy atom. The highest BCUT2D eigenvalue weighted by atomic mass is 16.3. The molecule has 0 amide bonds. The number of furan rings is 1. The first kappa shape index (κ1) is 30.2. The van der Waals surface area contributed by atoms with E-state index in [0.717, 1.165) is 56.2 Å². The van der Waals surface area contributed by atoms with Gasteiger partial charge in [0.05, 0.1) is 0 Å². The fraction of sp³-hybridized carbons (Fsp3) is 0.0625. The maximum atomic E-state index is 6.29. The summed E-state index contributed by atoms with van der Waals surface area (Å²) in [6.45, 7) is 2.29. The van der Waals surface area contributed by atoms with Crippen molar-refractivity contribution < 1.29 is 4.42 Å². The fourth-order valence-electron chi connectivity index (χ4n) is 8.23. The fourth-order valence-corrected chi connectivity index (χ4v) is 8.23. The normalized spacial score (nSPS) is 14.8. The molecule has 1 aliphatic carbocycles. The van der Waals surface area contributed by atoms with Gasteiger partial charge in [0.15, 0.2) is 17.5 Å². The van der Waals surface area contributed by atoms with Crippen molar-refractivity contribution in [2.45, 2.75) is 18.8 Å². The molecular weight excluding hydrogens is 635 g/mol. The molecule has 7 aromatic carbocycles. The van der Waals surface area contributed by atoms with Crippen molar-refractivity contribution in [3.8, 4) is 56.4 Å². The topological polar surface area (TPSA) is 51.8 Å². The summed E-state index contributed by atoms with van der Waals surface area (Å²) in [5.74, 6) is 1.85. The van der Waals surface area contributed by atoms with Gasteiger partial charge in [-0.15, -0.1) is 0 Å². The van der Waals surface area contributed by atoms with Crippen LogP contribution >= 0.6 is 0 Å². The molecule has 0 N–H and O–H groups in total. The predicted molar refractivity (Wildman–Crippen MR) is 211 cm³/mol. The molecule has 4 nitrogen and oxygen atoms in total. The third-order valence-electron chi connectivity index (χ3n) is 10.7. The van der Waals surface area contributed by atoms with E-state index in [2.05, 4.69) is 146 Å². The molecule has 246 valence electrons. The van der Waals surface area contributed by atoms with E-state index in [0.29, 0.717) is 17.5 Å². The Kier molecular flexibility index (Phi) is 6.97. The van der Waals surface area contributed by atoms with Gasteiger partial charge in [0.25, 0.3) is 0 Å². The van der Waals surface area contributed by atoms with Gasteiger partial charge in [-0.2, -0.15) is 0 Å². The largest absolute Gasteiger partial charge is 0.456 e. The number of nitrogens with zero attached hydrogens (tertiary/aromatic N) is 3. The summed E-state index contributed by atoms with van der Waals surface area (Å²) in [6, 6.07) is 59.7. The van der Waals surface area contributed by atoms with Crippen LogP contribution in [-0.2, 0) is 5.41 Å². The Bertz CT molecular complexity index is 2790. The van der Waals surface area contributed by atoms with Crippen molar-refractivity contribution in [3.05, 3.63) is 187 Å². The molecule has 9 aromatic rings. The second-order valence-corrected chi connectivity index (χ2v) is 13.5. The van der Waals surface area contributed by atoms with Crippen LogP contribution in [0.2, 0.25) is 0 Å². The minimum Gasteiger partial charge on any atom is -0.456 e. The van der Waals surface area contributed by atoms with E-state index in [1.807, 2.05) is 30.3 Å². The van der Waals surface area contributed by atoms with Gasteiger partial charge in [-0.3, -0.25) is 0 Å². The number of fused-ring (bicyclic) bond motifs is 6. The summed E-state index contributed by atoms with van der Waals surface area (Å²) < 4.78 is 6.29. The highest BCUT2D eigenvalue weighted by Crippen LogP contribution is 2.54. The van der Waals surface area contributed by atoms with Gasteiger partial charge in [-0.1, -0.05) is 146 Å². The van der Waals surface area contributed by atoms with Gasteiger partial charge >= 0.3 is 0 Å². The zero-order chi connectivity index (χ0) is 34.6. The minimum atomic E-state index is -0.235. The first-order valence-corrected chi connectivity index (χ1v) is 17.8. The van der Waals surface area contributed by atoms with Gasteiger partial charge in [-0.05, 0) is 75.7 Å². The van der Waals surface area contributed by atoms with E-state index in [1.165, 1.54) is 27.8 Å². The maximum Gasteiger partial charge on any atom is 0.164 e. The molecule has 1 atom stereocenters. The lowest BCUT2D eigenvalue weighted by Crippen LogP contribution is -2.25. The Labute approximate surface area is 302 Å². The molecule has 10 rings (SSSR count). The molecule has 2 heterocycles. The van der Waals surface area contributed by atoms with Crippen molar-refractivity contribution in [1.29, 1.82) is 0 Å². The molecule has 0 bridgehead atoms. The second kappa shape index (κ2) is 12.0. The van der Waals surface area contributed by atoms with Crippen molar-refractivity contribution in [3.63, 3.8) is 0 Å². The zero-order valence-electron chi connectivity index (χ0n) is 28.6. The highest BCUT2D eigenvalue weighted by Gasteiger charge is 2.43. The monoisotopic (exact) mass is 667 g/mol. The van der Waals surface area contributed by atoms with Gasteiger partial charge in [-0.25, -0.2) is 15.0 Å². The van der Waals surface area contributed by atoms with Crippen LogP contribution in [0.5, 0.6) is 0 Å². The van der Waals surface area contributed by atoms with Crippen LogP contribution in [0.1, 0.15) is 30.0 Å². The summed E-state index contributed by atoms with van der Waals surface area (Å²) in [7, 11) is 0. The Hall–Kier alpha value is -6.65. The molecule has 0 saturated carbocycles. The van der Waals surface area contributed by atoms with Crippen molar-refractivity contribution in [1.82, 2.24) is 15.0 Å². The lowest BCUT2D eigenvalue weighted by Gasteiger charge is -2.31. The number of hydrogen-bond acceptors (Lipinski definition) is 4. The molecule has 4 heteroatoms. The number of rotatable bonds is 6. The van der Waals surface area contributed by atoms with Crippen molar-refractivity contribution in [2.24, 2.45) is 0 Å². The molecule has 0 saturated heterocycles. The maximum absolute atomic E-state index is 6.29. The molecule has 0 radical (unpaired) electrons. The van der Waals surface area contributed by atoms with Crippen LogP contribution in [0.25, 0.3) is 78.4 Å². The standard InChI is InChI=1S/C48H33N3O/c1-2-48(36-18-7-4-8-19-36)41-22-11-9-20-37(41)40-29-34(25-27-42(40)48)46-49-45(33-17-13-16-32(28-33)31-14-5-3-6-15-31)50-47(51-46)35-24-26-39-38-21-10-12-23-43(38)52-44(39)30-35/h3-30H,2H2,1H3. The third-order valence-corrected chi connectivity index (χ3v) is 10.7. The van der Waals surface area contributed by atoms with Crippen molar-refractivity contribution in [2.75, 3.05) is 0 Å². The van der Waals surface area contributed by atoms with Crippen LogP contribution < -0.4 is 0 Å². The summed E-state index contributed by atoms with van der Waals surface area (Å²) in [5.41, 5.74) is 12.9. The van der Waals surface area contributed by atoms with Gasteiger partial charge < -0.3 is 4.42 Å². The second-order valence-electron chi connectivity index (χ2n) is 13.5. The summed E-state index contributed by atoms with van der Waals surface area (Å²) in [5, 5.41) is 2.16. The lowest BCUT2D eigenvalue weighted by molar-refractivity contribution is 0.609. The van der Waals surface area contributed by atoms with Crippen LogP contribution in [0, 0.1) is 0 Å². The van der Waals surface area contributed by atoms with Gasteiger partial charge in [0.1, 0.15) is 11.2 Å². The highest BCUT2D eigenvalue weighted by molar-refractivity contribution is 6.05. The average Bonchev–Trinajstić information content (AvgIpc) is 3.74. The lowest BCUT2D eigenvalue weighted by atomic mass is 9.70. The van der Waals surface area contributed by atoms with E-state index in [-0.39, 0.29) is 5.41 Å². The Morgan fingerprint density at radius 1 is 0.423 bits per heavy atom. The van der Waals surface area contributed by atoms with E-state index in [4.69, 9.17) is 19.4 Å². The molecule has 1 unspecified atom stereocenters. The molecule has 2 aromatic heterocycles. The molecular formula is C48H33N3O. The number of para-hydroxylation sites is 1. The van der Waals surface area contributed by atoms with Gasteiger partial charge in [0, 0.05) is 32.9 Å². The molecule has 0 aliphatic heterocycles. The SMILES string of the molecule is CCC1(c2ccccc2)c2ccccc2-c2cc(-c3nc(-c4cccc(-c5ccccc5)c4)nc(-c4ccc5c(c4)oc4ccccc45)n3)ccc21. The van der Waals surface area contributed by atoms with Crippen LogP contribution in [-0.4, -0.2) is 15.0 Å². The number of benzene rings is 7. The number of aromatic nitrogens is 3. The molecule has 0 spiro atoms. The average molecular weight is 668 g/mol. The van der Waals surface area contributed by atoms with Crippen LogP contribution in [0.4, 0.5) is 0 Å². The Morgan fingerprint density at radius 2 is 1.00 bits per heavy atom. The van der Waals surface area contributed by atoms with Crippen LogP contribution in [0.15, 0.2) is 174 Å². The molecule has 1 aliphatic rings. The molecule has 0 fully saturated rings. The van der Waals surface area contributed by atoms with E-state index < -0.39 is 0 Å². The molecule has 52 heavy (non-hydrogen) atoms. The summed E-state index contributed by atoms with van der Waals surface area (Å²) in [6.07, 6.45) is 0.947. The predicted octanol–water partition coefficient (Wildman–Crippen LogP) is 12.2.